The lowest BCUT2D eigenvalue weighted by Gasteiger charge is -2.07. The number of ether oxygens (including phenoxy) is 2. The second kappa shape index (κ2) is 10.5. The average Bonchev–Trinajstić information content (AvgIpc) is 2.61. The third-order valence-corrected chi connectivity index (χ3v) is 4.19. The number of anilines is 1. The summed E-state index contributed by atoms with van der Waals surface area (Å²) in [4.78, 5) is 23.7. The van der Waals surface area contributed by atoms with E-state index in [0.29, 0.717) is 12.4 Å². The molecule has 0 fully saturated rings. The number of carbonyl (C=O) groups excluding carboxylic acids is 2. The molecule has 1 amide bonds. The Labute approximate surface area is 158 Å². The van der Waals surface area contributed by atoms with E-state index in [1.54, 1.807) is 24.3 Å². The third kappa shape index (κ3) is 7.19. The standard InChI is InChI=1S/C20H23NO4S/c1-3-11-24-17-7-9-18(10-8-17)25-20(23)14-26-13-19(22)21-16-6-4-5-15(2)12-16/h4-10,12H,3,11,13-14H2,1-2H3,(H,21,22). The van der Waals surface area contributed by atoms with Gasteiger partial charge in [0.2, 0.25) is 5.91 Å². The molecular formula is C20H23NO4S. The van der Waals surface area contributed by atoms with E-state index in [-0.39, 0.29) is 23.4 Å². The minimum Gasteiger partial charge on any atom is -0.494 e. The molecule has 0 unspecified atom stereocenters. The third-order valence-electron chi connectivity index (χ3n) is 3.28. The van der Waals surface area contributed by atoms with Crippen LogP contribution in [0.25, 0.3) is 0 Å². The molecular weight excluding hydrogens is 350 g/mol. The van der Waals surface area contributed by atoms with Crippen molar-refractivity contribution in [3.05, 3.63) is 54.1 Å². The summed E-state index contributed by atoms with van der Waals surface area (Å²) in [7, 11) is 0. The van der Waals surface area contributed by atoms with Gasteiger partial charge < -0.3 is 14.8 Å². The van der Waals surface area contributed by atoms with E-state index in [4.69, 9.17) is 9.47 Å². The SMILES string of the molecule is CCCOc1ccc(OC(=O)CSCC(=O)Nc2cccc(C)c2)cc1. The first kappa shape index (κ1) is 19.8. The highest BCUT2D eigenvalue weighted by Gasteiger charge is 2.08. The number of rotatable bonds is 9. The molecule has 1 N–H and O–H groups in total. The Morgan fingerprint density at radius 2 is 1.77 bits per heavy atom. The van der Waals surface area contributed by atoms with Gasteiger partial charge in [0.1, 0.15) is 11.5 Å². The highest BCUT2D eigenvalue weighted by Crippen LogP contribution is 2.18. The van der Waals surface area contributed by atoms with Crippen molar-refractivity contribution < 1.29 is 19.1 Å². The lowest BCUT2D eigenvalue weighted by Crippen LogP contribution is -2.17. The molecule has 0 saturated heterocycles. The Kier molecular flexibility index (Phi) is 8.02. The zero-order valence-corrected chi connectivity index (χ0v) is 15.8. The lowest BCUT2D eigenvalue weighted by atomic mass is 10.2. The predicted molar refractivity (Wildman–Crippen MR) is 105 cm³/mol. The van der Waals surface area contributed by atoms with E-state index in [0.717, 1.165) is 23.4 Å². The average molecular weight is 373 g/mol. The molecule has 0 aliphatic heterocycles. The van der Waals surface area contributed by atoms with Gasteiger partial charge >= 0.3 is 5.97 Å². The van der Waals surface area contributed by atoms with Crippen molar-refractivity contribution >= 4 is 29.3 Å². The summed E-state index contributed by atoms with van der Waals surface area (Å²) in [5, 5.41) is 2.80. The van der Waals surface area contributed by atoms with Crippen molar-refractivity contribution in [3.8, 4) is 11.5 Å². The molecule has 0 heterocycles. The van der Waals surface area contributed by atoms with E-state index < -0.39 is 0 Å². The van der Waals surface area contributed by atoms with Crippen LogP contribution in [-0.4, -0.2) is 30.0 Å². The first-order valence-electron chi connectivity index (χ1n) is 8.44. The van der Waals surface area contributed by atoms with Gasteiger partial charge in [0, 0.05) is 5.69 Å². The second-order valence-corrected chi connectivity index (χ2v) is 6.69. The summed E-state index contributed by atoms with van der Waals surface area (Å²) in [5.41, 5.74) is 1.83. The zero-order valence-electron chi connectivity index (χ0n) is 15.0. The molecule has 0 spiro atoms. The Balaban J connectivity index is 1.69. The number of thioether (sulfide) groups is 1. The maximum Gasteiger partial charge on any atom is 0.321 e. The van der Waals surface area contributed by atoms with Crippen LogP contribution in [0.2, 0.25) is 0 Å². The molecule has 2 rings (SSSR count). The topological polar surface area (TPSA) is 64.6 Å². The number of esters is 1. The largest absolute Gasteiger partial charge is 0.494 e. The number of benzene rings is 2. The number of nitrogens with one attached hydrogen (secondary N) is 1. The van der Waals surface area contributed by atoms with Crippen molar-refractivity contribution in [2.24, 2.45) is 0 Å². The van der Waals surface area contributed by atoms with Crippen molar-refractivity contribution in [2.45, 2.75) is 20.3 Å². The van der Waals surface area contributed by atoms with Crippen molar-refractivity contribution in [2.75, 3.05) is 23.4 Å². The van der Waals surface area contributed by atoms with Crippen LogP contribution in [0, 0.1) is 6.92 Å². The Hall–Kier alpha value is -2.47. The summed E-state index contributed by atoms with van der Waals surface area (Å²) in [6, 6.07) is 14.5. The number of carbonyl (C=O) groups is 2. The van der Waals surface area contributed by atoms with Crippen molar-refractivity contribution in [3.63, 3.8) is 0 Å². The van der Waals surface area contributed by atoms with Crippen LogP contribution < -0.4 is 14.8 Å². The summed E-state index contributed by atoms with van der Waals surface area (Å²) >= 11 is 1.22. The molecule has 0 aromatic heterocycles. The molecule has 0 bridgehead atoms. The molecule has 0 aliphatic rings. The highest BCUT2D eigenvalue weighted by atomic mass is 32.2. The normalized spacial score (nSPS) is 10.2. The number of aryl methyl sites for hydroxylation is 1. The van der Waals surface area contributed by atoms with Gasteiger partial charge in [0.25, 0.3) is 0 Å². The number of hydrogen-bond donors (Lipinski definition) is 1. The highest BCUT2D eigenvalue weighted by molar-refractivity contribution is 8.00. The summed E-state index contributed by atoms with van der Waals surface area (Å²) < 4.78 is 10.7. The van der Waals surface area contributed by atoms with Gasteiger partial charge in [-0.1, -0.05) is 19.1 Å². The molecule has 2 aromatic carbocycles. The van der Waals surface area contributed by atoms with Crippen LogP contribution >= 0.6 is 11.8 Å². The van der Waals surface area contributed by atoms with Crippen LogP contribution in [0.1, 0.15) is 18.9 Å². The molecule has 0 atom stereocenters. The molecule has 0 aliphatic carbocycles. The number of hydrogen-bond acceptors (Lipinski definition) is 5. The van der Waals surface area contributed by atoms with E-state index in [9.17, 15) is 9.59 Å². The summed E-state index contributed by atoms with van der Waals surface area (Å²) in [6.07, 6.45) is 0.936. The molecule has 6 heteroatoms. The first-order valence-corrected chi connectivity index (χ1v) is 9.60. The van der Waals surface area contributed by atoms with Gasteiger partial charge in [-0.3, -0.25) is 9.59 Å². The molecule has 2 aromatic rings. The fourth-order valence-electron chi connectivity index (χ4n) is 2.13. The molecule has 0 radical (unpaired) electrons. The van der Waals surface area contributed by atoms with Gasteiger partial charge in [-0.05, 0) is 55.3 Å². The van der Waals surface area contributed by atoms with Crippen molar-refractivity contribution in [1.29, 1.82) is 0 Å². The molecule has 138 valence electrons. The zero-order chi connectivity index (χ0) is 18.8. The molecule has 5 nitrogen and oxygen atoms in total. The summed E-state index contributed by atoms with van der Waals surface area (Å²) in [5.74, 6) is 0.964. The monoisotopic (exact) mass is 373 g/mol. The second-order valence-electron chi connectivity index (χ2n) is 5.70. The minimum atomic E-state index is -0.388. The fraction of sp³-hybridized carbons (Fsp3) is 0.300. The fourth-order valence-corrected chi connectivity index (χ4v) is 2.72. The van der Waals surface area contributed by atoms with Gasteiger partial charge in [0.15, 0.2) is 0 Å². The first-order chi connectivity index (χ1) is 12.6. The Morgan fingerprint density at radius 1 is 1.04 bits per heavy atom. The number of amides is 1. The van der Waals surface area contributed by atoms with E-state index in [2.05, 4.69) is 5.32 Å². The molecule has 26 heavy (non-hydrogen) atoms. The van der Waals surface area contributed by atoms with Crippen LogP contribution in [0.5, 0.6) is 11.5 Å². The smallest absolute Gasteiger partial charge is 0.321 e. The van der Waals surface area contributed by atoms with Gasteiger partial charge in [-0.25, -0.2) is 0 Å². The van der Waals surface area contributed by atoms with Crippen LogP contribution in [0.15, 0.2) is 48.5 Å². The van der Waals surface area contributed by atoms with E-state index >= 15 is 0 Å². The van der Waals surface area contributed by atoms with E-state index in [1.165, 1.54) is 11.8 Å². The quantitative estimate of drug-likeness (QED) is 0.530. The van der Waals surface area contributed by atoms with E-state index in [1.807, 2.05) is 38.1 Å². The minimum absolute atomic E-state index is 0.106. The Bertz CT molecular complexity index is 731. The van der Waals surface area contributed by atoms with Crippen LogP contribution in [-0.2, 0) is 9.59 Å². The van der Waals surface area contributed by atoms with Crippen LogP contribution in [0.4, 0.5) is 5.69 Å². The summed E-state index contributed by atoms with van der Waals surface area (Å²) in [6.45, 7) is 4.65. The predicted octanol–water partition coefficient (Wildman–Crippen LogP) is 4.06. The van der Waals surface area contributed by atoms with Gasteiger partial charge in [-0.2, -0.15) is 0 Å². The van der Waals surface area contributed by atoms with Crippen LogP contribution in [0.3, 0.4) is 0 Å². The maximum absolute atomic E-state index is 11.9. The maximum atomic E-state index is 11.9. The van der Waals surface area contributed by atoms with Gasteiger partial charge in [-0.15, -0.1) is 11.8 Å². The lowest BCUT2D eigenvalue weighted by molar-refractivity contribution is -0.131. The van der Waals surface area contributed by atoms with Crippen molar-refractivity contribution in [1.82, 2.24) is 0 Å². The Morgan fingerprint density at radius 3 is 2.46 bits per heavy atom. The molecule has 0 saturated carbocycles. The van der Waals surface area contributed by atoms with Gasteiger partial charge in [0.05, 0.1) is 18.1 Å².